The lowest BCUT2D eigenvalue weighted by molar-refractivity contribution is 0.627. The van der Waals surface area contributed by atoms with Crippen molar-refractivity contribution >= 4 is 33.6 Å². The van der Waals surface area contributed by atoms with Crippen LogP contribution < -0.4 is 0 Å². The van der Waals surface area contributed by atoms with Gasteiger partial charge in [0.1, 0.15) is 10.2 Å². The number of halogens is 1. The van der Waals surface area contributed by atoms with Crippen molar-refractivity contribution < 1.29 is 4.39 Å². The van der Waals surface area contributed by atoms with E-state index in [1.807, 2.05) is 30.3 Å². The highest BCUT2D eigenvalue weighted by molar-refractivity contribution is 8.38. The van der Waals surface area contributed by atoms with Gasteiger partial charge in [0, 0.05) is 11.5 Å². The van der Waals surface area contributed by atoms with Gasteiger partial charge in [-0.1, -0.05) is 53.9 Å². The van der Waals surface area contributed by atoms with E-state index in [1.54, 1.807) is 23.5 Å². The average molecular weight is 289 g/mol. The van der Waals surface area contributed by atoms with E-state index in [0.717, 1.165) is 27.1 Å². The van der Waals surface area contributed by atoms with E-state index >= 15 is 0 Å². The van der Waals surface area contributed by atoms with Gasteiger partial charge in [-0.15, -0.1) is 0 Å². The Kier molecular flexibility index (Phi) is 3.89. The molecule has 96 valence electrons. The Morgan fingerprint density at radius 2 is 1.89 bits per heavy atom. The number of rotatable bonds is 2. The molecule has 2 aromatic rings. The third-order valence-corrected chi connectivity index (χ3v) is 5.15. The zero-order valence-corrected chi connectivity index (χ0v) is 11.8. The summed E-state index contributed by atoms with van der Waals surface area (Å²) >= 11 is 3.48. The van der Waals surface area contributed by atoms with E-state index in [-0.39, 0.29) is 5.82 Å². The fraction of sp³-hybridized carbons (Fsp3) is 0.133. The first-order chi connectivity index (χ1) is 9.31. The van der Waals surface area contributed by atoms with E-state index in [4.69, 9.17) is 0 Å². The molecule has 0 bridgehead atoms. The summed E-state index contributed by atoms with van der Waals surface area (Å²) in [6.45, 7) is 0. The summed E-state index contributed by atoms with van der Waals surface area (Å²) < 4.78 is 13.9. The van der Waals surface area contributed by atoms with E-state index in [2.05, 4.69) is 11.1 Å². The smallest absolute Gasteiger partial charge is 0.131 e. The SMILES string of the molecule is Fc1ccc(CSC2=Nc3ccccc3CS2)cc1. The van der Waals surface area contributed by atoms with Crippen LogP contribution in [0.4, 0.5) is 10.1 Å². The van der Waals surface area contributed by atoms with Crippen LogP contribution in [0.2, 0.25) is 0 Å². The minimum absolute atomic E-state index is 0.188. The van der Waals surface area contributed by atoms with E-state index in [9.17, 15) is 4.39 Å². The highest BCUT2D eigenvalue weighted by atomic mass is 32.2. The molecular weight excluding hydrogens is 277 g/mol. The molecule has 0 fully saturated rings. The van der Waals surface area contributed by atoms with Crippen LogP contribution in [0.25, 0.3) is 0 Å². The summed E-state index contributed by atoms with van der Waals surface area (Å²) in [7, 11) is 0. The van der Waals surface area contributed by atoms with Crippen LogP contribution in [-0.2, 0) is 11.5 Å². The number of nitrogens with zero attached hydrogens (tertiary/aromatic N) is 1. The maximum Gasteiger partial charge on any atom is 0.131 e. The van der Waals surface area contributed by atoms with Crippen LogP contribution in [0.1, 0.15) is 11.1 Å². The van der Waals surface area contributed by atoms with Gasteiger partial charge in [-0.25, -0.2) is 9.38 Å². The standard InChI is InChI=1S/C15H12FNS2/c16-13-7-5-11(6-8-13)9-18-15-17-14-4-2-1-3-12(14)10-19-15/h1-8H,9-10H2. The molecule has 0 aromatic heterocycles. The van der Waals surface area contributed by atoms with Crippen molar-refractivity contribution in [2.75, 3.05) is 0 Å². The predicted molar refractivity (Wildman–Crippen MR) is 82.5 cm³/mol. The molecule has 0 saturated heterocycles. The maximum atomic E-state index is 12.8. The Balaban J connectivity index is 1.68. The van der Waals surface area contributed by atoms with Crippen LogP contribution >= 0.6 is 23.5 Å². The van der Waals surface area contributed by atoms with Gasteiger partial charge in [0.25, 0.3) is 0 Å². The van der Waals surface area contributed by atoms with Crippen LogP contribution in [0.5, 0.6) is 0 Å². The van der Waals surface area contributed by atoms with E-state index in [0.29, 0.717) is 0 Å². The summed E-state index contributed by atoms with van der Waals surface area (Å²) in [5.41, 5.74) is 3.48. The molecule has 0 atom stereocenters. The minimum Gasteiger partial charge on any atom is -0.235 e. The normalized spacial score (nSPS) is 13.8. The lowest BCUT2D eigenvalue weighted by atomic mass is 10.2. The van der Waals surface area contributed by atoms with Gasteiger partial charge in [-0.3, -0.25) is 0 Å². The Labute approximate surface area is 120 Å². The molecular formula is C15H12FNS2. The van der Waals surface area contributed by atoms with Crippen molar-refractivity contribution in [3.63, 3.8) is 0 Å². The highest BCUT2D eigenvalue weighted by Gasteiger charge is 2.12. The van der Waals surface area contributed by atoms with Gasteiger partial charge < -0.3 is 0 Å². The zero-order valence-electron chi connectivity index (χ0n) is 10.2. The van der Waals surface area contributed by atoms with Crippen molar-refractivity contribution in [1.82, 2.24) is 0 Å². The first-order valence-electron chi connectivity index (χ1n) is 5.98. The molecule has 2 aromatic carbocycles. The molecule has 1 nitrogen and oxygen atoms in total. The second-order valence-corrected chi connectivity index (χ2v) is 6.40. The number of hydrogen-bond donors (Lipinski definition) is 0. The molecule has 19 heavy (non-hydrogen) atoms. The largest absolute Gasteiger partial charge is 0.235 e. The highest BCUT2D eigenvalue weighted by Crippen LogP contribution is 2.35. The predicted octanol–water partition coefficient (Wildman–Crippen LogP) is 4.99. The molecule has 0 radical (unpaired) electrons. The Bertz CT molecular complexity index is 608. The Morgan fingerprint density at radius 3 is 2.74 bits per heavy atom. The lowest BCUT2D eigenvalue weighted by Gasteiger charge is -2.14. The van der Waals surface area contributed by atoms with Gasteiger partial charge in [0.2, 0.25) is 0 Å². The number of para-hydroxylation sites is 1. The van der Waals surface area contributed by atoms with Crippen LogP contribution in [0.15, 0.2) is 53.5 Å². The fourth-order valence-electron chi connectivity index (χ4n) is 1.81. The molecule has 0 spiro atoms. The molecule has 0 N–H and O–H groups in total. The van der Waals surface area contributed by atoms with Gasteiger partial charge in [-0.05, 0) is 29.3 Å². The van der Waals surface area contributed by atoms with Gasteiger partial charge in [0.05, 0.1) is 5.69 Å². The monoisotopic (exact) mass is 289 g/mol. The third-order valence-electron chi connectivity index (χ3n) is 2.83. The van der Waals surface area contributed by atoms with Crippen LogP contribution in [-0.4, -0.2) is 4.38 Å². The molecule has 0 unspecified atom stereocenters. The molecule has 3 rings (SSSR count). The van der Waals surface area contributed by atoms with Crippen molar-refractivity contribution in [2.45, 2.75) is 11.5 Å². The molecule has 1 aliphatic heterocycles. The number of thioether (sulfide) groups is 2. The summed E-state index contributed by atoms with van der Waals surface area (Å²) in [5.74, 6) is 1.62. The molecule has 0 amide bonds. The summed E-state index contributed by atoms with van der Waals surface area (Å²) in [6.07, 6.45) is 0. The first-order valence-corrected chi connectivity index (χ1v) is 7.95. The quantitative estimate of drug-likeness (QED) is 0.772. The average Bonchev–Trinajstić information content (AvgIpc) is 2.46. The first kappa shape index (κ1) is 12.8. The second kappa shape index (κ2) is 5.80. The van der Waals surface area contributed by atoms with Crippen molar-refractivity contribution in [1.29, 1.82) is 0 Å². The summed E-state index contributed by atoms with van der Waals surface area (Å²) in [6, 6.07) is 14.9. The number of hydrogen-bond acceptors (Lipinski definition) is 3. The van der Waals surface area contributed by atoms with Crippen LogP contribution in [0.3, 0.4) is 0 Å². The van der Waals surface area contributed by atoms with Crippen molar-refractivity contribution in [2.24, 2.45) is 4.99 Å². The number of benzene rings is 2. The maximum absolute atomic E-state index is 12.8. The summed E-state index contributed by atoms with van der Waals surface area (Å²) in [4.78, 5) is 4.65. The van der Waals surface area contributed by atoms with Crippen LogP contribution in [0, 0.1) is 5.82 Å². The van der Waals surface area contributed by atoms with E-state index < -0.39 is 0 Å². The minimum atomic E-state index is -0.188. The summed E-state index contributed by atoms with van der Waals surface area (Å²) in [5, 5.41) is 0. The Hall–Kier alpha value is -1.26. The van der Waals surface area contributed by atoms with Gasteiger partial charge in [-0.2, -0.15) is 0 Å². The molecule has 4 heteroatoms. The zero-order chi connectivity index (χ0) is 13.1. The number of aliphatic imine (C=N–C) groups is 1. The molecule has 1 aliphatic rings. The van der Waals surface area contributed by atoms with Crippen molar-refractivity contribution in [3.05, 3.63) is 65.5 Å². The fourth-order valence-corrected chi connectivity index (χ4v) is 3.83. The molecule has 0 saturated carbocycles. The topological polar surface area (TPSA) is 12.4 Å². The number of fused-ring (bicyclic) bond motifs is 1. The van der Waals surface area contributed by atoms with Gasteiger partial charge in [0.15, 0.2) is 0 Å². The molecule has 1 heterocycles. The molecule has 0 aliphatic carbocycles. The second-order valence-electron chi connectivity index (χ2n) is 4.21. The van der Waals surface area contributed by atoms with Crippen molar-refractivity contribution in [3.8, 4) is 0 Å². The van der Waals surface area contributed by atoms with E-state index in [1.165, 1.54) is 17.7 Å². The van der Waals surface area contributed by atoms with Gasteiger partial charge >= 0.3 is 0 Å². The Morgan fingerprint density at radius 1 is 1.11 bits per heavy atom. The third kappa shape index (κ3) is 3.19. The lowest BCUT2D eigenvalue weighted by Crippen LogP contribution is -1.96.